The summed E-state index contributed by atoms with van der Waals surface area (Å²) in [5.41, 5.74) is 4.14. The first kappa shape index (κ1) is 32.3. The average molecular weight is 630 g/mol. The summed E-state index contributed by atoms with van der Waals surface area (Å²) in [7, 11) is 1.53. The summed E-state index contributed by atoms with van der Waals surface area (Å²) in [6.07, 6.45) is 1.48. The largest absolute Gasteiger partial charge is 0.493 e. The van der Waals surface area contributed by atoms with Gasteiger partial charge in [0.15, 0.2) is 11.5 Å². The van der Waals surface area contributed by atoms with Crippen LogP contribution >= 0.6 is 23.4 Å². The molecule has 226 valence electrons. The SMILES string of the molecule is C=CCOC(=O)C1=C(C)NC(SCC(=O)Nc2cc(C)cc(Cl)c2)=C(C#N)[C@H]1c1ccc(OCc2ccccc2)c(OC)c1. The maximum atomic E-state index is 13.3. The first-order chi connectivity index (χ1) is 21.2. The minimum absolute atomic E-state index is 0.00486. The number of aryl methyl sites for hydroxylation is 1. The molecule has 0 aliphatic carbocycles. The number of nitrogens with one attached hydrogen (secondary N) is 2. The molecular weight excluding hydrogens is 598 g/mol. The number of anilines is 1. The lowest BCUT2D eigenvalue weighted by molar-refractivity contribution is -0.138. The summed E-state index contributed by atoms with van der Waals surface area (Å²) in [5.74, 6) is -0.706. The zero-order valence-electron chi connectivity index (χ0n) is 24.6. The van der Waals surface area contributed by atoms with E-state index in [9.17, 15) is 14.9 Å². The molecule has 0 bridgehead atoms. The van der Waals surface area contributed by atoms with Gasteiger partial charge in [0.1, 0.15) is 13.2 Å². The lowest BCUT2D eigenvalue weighted by Crippen LogP contribution is -2.29. The van der Waals surface area contributed by atoms with Crippen LogP contribution in [0.1, 0.15) is 29.5 Å². The molecule has 3 aromatic rings. The van der Waals surface area contributed by atoms with Gasteiger partial charge in [-0.05, 0) is 60.9 Å². The molecule has 3 aromatic carbocycles. The fraction of sp³-hybridized carbons (Fsp3) is 0.206. The minimum Gasteiger partial charge on any atom is -0.493 e. The topological polar surface area (TPSA) is 110 Å². The molecule has 10 heteroatoms. The summed E-state index contributed by atoms with van der Waals surface area (Å²) in [4.78, 5) is 26.1. The molecule has 1 aliphatic rings. The highest BCUT2D eigenvalue weighted by Crippen LogP contribution is 2.43. The Morgan fingerprint density at radius 3 is 2.57 bits per heavy atom. The highest BCUT2D eigenvalue weighted by Gasteiger charge is 2.36. The van der Waals surface area contributed by atoms with Crippen LogP contribution in [0.2, 0.25) is 5.02 Å². The van der Waals surface area contributed by atoms with Crippen molar-refractivity contribution in [2.75, 3.05) is 24.8 Å². The molecule has 0 spiro atoms. The summed E-state index contributed by atoms with van der Waals surface area (Å²) in [6.45, 7) is 7.58. The normalized spacial score (nSPS) is 14.3. The third-order valence-corrected chi connectivity index (χ3v) is 7.87. The molecule has 8 nitrogen and oxygen atoms in total. The van der Waals surface area contributed by atoms with Crippen LogP contribution in [-0.4, -0.2) is 31.3 Å². The average Bonchev–Trinajstić information content (AvgIpc) is 3.01. The van der Waals surface area contributed by atoms with Gasteiger partial charge < -0.3 is 24.8 Å². The number of dihydropyridines is 1. The number of rotatable bonds is 12. The Bertz CT molecular complexity index is 1640. The zero-order valence-corrected chi connectivity index (χ0v) is 26.2. The van der Waals surface area contributed by atoms with Crippen molar-refractivity contribution in [2.45, 2.75) is 26.4 Å². The number of nitrogens with zero attached hydrogens (tertiary/aromatic N) is 1. The van der Waals surface area contributed by atoms with Crippen LogP contribution in [0.15, 0.2) is 101 Å². The summed E-state index contributed by atoms with van der Waals surface area (Å²) in [5, 5.41) is 17.4. The summed E-state index contributed by atoms with van der Waals surface area (Å²) in [6, 6.07) is 22.6. The lowest BCUT2D eigenvalue weighted by atomic mass is 9.82. The predicted octanol–water partition coefficient (Wildman–Crippen LogP) is 7.03. The van der Waals surface area contributed by atoms with E-state index >= 15 is 0 Å². The smallest absolute Gasteiger partial charge is 0.337 e. The van der Waals surface area contributed by atoms with E-state index < -0.39 is 11.9 Å². The number of carbonyl (C=O) groups is 2. The van der Waals surface area contributed by atoms with E-state index in [1.807, 2.05) is 43.3 Å². The maximum Gasteiger partial charge on any atom is 0.337 e. The van der Waals surface area contributed by atoms with Crippen LogP contribution in [0.5, 0.6) is 11.5 Å². The van der Waals surface area contributed by atoms with Crippen molar-refractivity contribution in [2.24, 2.45) is 0 Å². The van der Waals surface area contributed by atoms with Gasteiger partial charge in [-0.1, -0.05) is 72.4 Å². The van der Waals surface area contributed by atoms with Gasteiger partial charge in [0.25, 0.3) is 0 Å². The lowest BCUT2D eigenvalue weighted by Gasteiger charge is -2.29. The van der Waals surface area contributed by atoms with Gasteiger partial charge in [0.05, 0.1) is 41.0 Å². The first-order valence-corrected chi connectivity index (χ1v) is 15.0. The Kier molecular flexibility index (Phi) is 11.1. The number of amides is 1. The molecule has 4 rings (SSSR count). The van der Waals surface area contributed by atoms with Gasteiger partial charge in [-0.2, -0.15) is 5.26 Å². The Hall–Kier alpha value is -4.65. The third kappa shape index (κ3) is 8.04. The zero-order chi connectivity index (χ0) is 31.6. The van der Waals surface area contributed by atoms with Crippen LogP contribution in [0.3, 0.4) is 0 Å². The quantitative estimate of drug-likeness (QED) is 0.162. The molecule has 2 N–H and O–H groups in total. The number of nitriles is 1. The van der Waals surface area contributed by atoms with Gasteiger partial charge in [-0.25, -0.2) is 4.79 Å². The van der Waals surface area contributed by atoms with Crippen molar-refractivity contribution in [3.63, 3.8) is 0 Å². The molecular formula is C34H32ClN3O5S. The molecule has 1 amide bonds. The maximum absolute atomic E-state index is 13.3. The molecule has 0 unspecified atom stereocenters. The number of hydrogen-bond donors (Lipinski definition) is 2. The second-order valence-electron chi connectivity index (χ2n) is 9.88. The van der Waals surface area contributed by atoms with Crippen molar-refractivity contribution in [3.05, 3.63) is 123 Å². The van der Waals surface area contributed by atoms with Crippen molar-refractivity contribution >= 4 is 40.9 Å². The number of benzene rings is 3. The molecule has 0 saturated heterocycles. The number of methoxy groups -OCH3 is 1. The highest BCUT2D eigenvalue weighted by molar-refractivity contribution is 8.03. The Balaban J connectivity index is 1.65. The first-order valence-electron chi connectivity index (χ1n) is 13.7. The number of allylic oxidation sites excluding steroid dienone is 2. The fourth-order valence-electron chi connectivity index (χ4n) is 4.70. The molecule has 0 aromatic heterocycles. The van der Waals surface area contributed by atoms with Crippen LogP contribution in [0.4, 0.5) is 5.69 Å². The van der Waals surface area contributed by atoms with Gasteiger partial charge in [-0.3, -0.25) is 4.79 Å². The van der Waals surface area contributed by atoms with Crippen molar-refractivity contribution in [1.29, 1.82) is 5.26 Å². The van der Waals surface area contributed by atoms with Gasteiger partial charge >= 0.3 is 5.97 Å². The molecule has 1 aliphatic heterocycles. The van der Waals surface area contributed by atoms with Gasteiger partial charge in [-0.15, -0.1) is 0 Å². The van der Waals surface area contributed by atoms with Crippen molar-refractivity contribution in [1.82, 2.24) is 5.32 Å². The van der Waals surface area contributed by atoms with Crippen LogP contribution in [-0.2, 0) is 20.9 Å². The van der Waals surface area contributed by atoms with Crippen molar-refractivity contribution in [3.8, 4) is 17.6 Å². The van der Waals surface area contributed by atoms with Crippen LogP contribution < -0.4 is 20.1 Å². The van der Waals surface area contributed by atoms with Gasteiger partial charge in [0.2, 0.25) is 5.91 Å². The number of esters is 1. The number of hydrogen-bond acceptors (Lipinski definition) is 8. The molecule has 0 saturated carbocycles. The van der Waals surface area contributed by atoms with Crippen LogP contribution in [0.25, 0.3) is 0 Å². The third-order valence-electron chi connectivity index (χ3n) is 6.63. The fourth-order valence-corrected chi connectivity index (χ4v) is 5.89. The molecule has 1 atom stereocenters. The Labute approximate surface area is 266 Å². The summed E-state index contributed by atoms with van der Waals surface area (Å²) >= 11 is 7.29. The highest BCUT2D eigenvalue weighted by atomic mass is 35.5. The molecule has 44 heavy (non-hydrogen) atoms. The van der Waals surface area contributed by atoms with Gasteiger partial charge in [0, 0.05) is 16.4 Å². The number of thioether (sulfide) groups is 1. The monoisotopic (exact) mass is 629 g/mol. The van der Waals surface area contributed by atoms with E-state index in [0.717, 1.165) is 22.9 Å². The second kappa shape index (κ2) is 15.2. The number of carbonyl (C=O) groups excluding carboxylic acids is 2. The number of halogens is 1. The van der Waals surface area contributed by atoms with E-state index in [4.69, 9.17) is 25.8 Å². The second-order valence-corrected chi connectivity index (χ2v) is 11.3. The Morgan fingerprint density at radius 1 is 1.11 bits per heavy atom. The van der Waals surface area contributed by atoms with Crippen LogP contribution in [0, 0.1) is 18.3 Å². The predicted molar refractivity (Wildman–Crippen MR) is 173 cm³/mol. The number of ether oxygens (including phenoxy) is 3. The van der Waals surface area contributed by atoms with E-state index in [1.54, 1.807) is 37.3 Å². The van der Waals surface area contributed by atoms with Crippen molar-refractivity contribution < 1.29 is 23.8 Å². The van der Waals surface area contributed by atoms with E-state index in [2.05, 4.69) is 23.3 Å². The Morgan fingerprint density at radius 2 is 1.89 bits per heavy atom. The summed E-state index contributed by atoms with van der Waals surface area (Å²) < 4.78 is 17.1. The van der Waals surface area contributed by atoms with E-state index in [-0.39, 0.29) is 29.4 Å². The van der Waals surface area contributed by atoms with E-state index in [1.165, 1.54) is 13.2 Å². The molecule has 0 fully saturated rings. The standard InChI is InChI=1S/C34H32ClN3O5S/c1-5-13-42-34(40)31-22(3)37-33(44-20-30(39)38-26-15-21(2)14-25(35)17-26)27(18-36)32(31)24-11-12-28(29(16-24)41-4)43-19-23-9-7-6-8-10-23/h5-12,14-17,32,37H,1,13,19-20H2,2-4H3,(H,38,39)/t32-/m1/s1. The molecule has 0 radical (unpaired) electrons. The minimum atomic E-state index is -0.795. The van der Waals surface area contributed by atoms with E-state index in [0.29, 0.717) is 45.1 Å². The molecule has 1 heterocycles.